The van der Waals surface area contributed by atoms with Crippen LogP contribution in [-0.2, 0) is 14.3 Å². The van der Waals surface area contributed by atoms with Crippen LogP contribution in [-0.4, -0.2) is 78.0 Å². The van der Waals surface area contributed by atoms with Crippen molar-refractivity contribution in [1.29, 1.82) is 0 Å². The zero-order chi connectivity index (χ0) is 34.8. The maximum absolute atomic E-state index is 15.7. The Morgan fingerprint density at radius 1 is 1.11 bits per heavy atom. The zero-order valence-electron chi connectivity index (χ0n) is 27.3. The molecule has 15 heteroatoms. The lowest BCUT2D eigenvalue weighted by Crippen LogP contribution is -2.52. The molecular weight excluding hydrogens is 620 g/mol. The van der Waals surface area contributed by atoms with Crippen molar-refractivity contribution in [3.63, 3.8) is 0 Å². The van der Waals surface area contributed by atoms with Crippen molar-refractivity contribution in [1.82, 2.24) is 20.5 Å². The van der Waals surface area contributed by atoms with Crippen molar-refractivity contribution in [2.24, 2.45) is 0 Å². The Bertz CT molecular complexity index is 1680. The fourth-order valence-electron chi connectivity index (χ4n) is 5.40. The number of nitrogens with zero attached hydrogens (tertiary/aromatic N) is 2. The van der Waals surface area contributed by atoms with Gasteiger partial charge in [0.25, 0.3) is 0 Å². The minimum absolute atomic E-state index is 0.0244. The van der Waals surface area contributed by atoms with Gasteiger partial charge in [-0.2, -0.15) is 0 Å². The van der Waals surface area contributed by atoms with Gasteiger partial charge in [0.1, 0.15) is 34.8 Å². The van der Waals surface area contributed by atoms with E-state index >= 15 is 8.78 Å². The van der Waals surface area contributed by atoms with Gasteiger partial charge in [0.15, 0.2) is 11.6 Å². The van der Waals surface area contributed by atoms with Gasteiger partial charge >= 0.3 is 12.1 Å². The van der Waals surface area contributed by atoms with Gasteiger partial charge in [-0.1, -0.05) is 0 Å². The highest BCUT2D eigenvalue weighted by atomic mass is 19.1. The summed E-state index contributed by atoms with van der Waals surface area (Å²) in [6.45, 7) is 7.72. The molecule has 1 saturated carbocycles. The minimum Gasteiger partial charge on any atom is -0.492 e. The first-order valence-corrected chi connectivity index (χ1v) is 15.4. The number of nitrogens with one attached hydrogen (secondary N) is 3. The molecule has 47 heavy (non-hydrogen) atoms. The van der Waals surface area contributed by atoms with E-state index in [-0.39, 0.29) is 34.9 Å². The molecule has 13 nitrogen and oxygen atoms in total. The number of fused-ring (bicyclic) bond motifs is 1. The van der Waals surface area contributed by atoms with Gasteiger partial charge in [0, 0.05) is 25.3 Å². The van der Waals surface area contributed by atoms with Crippen LogP contribution in [0.25, 0.3) is 10.9 Å². The number of halogens is 2. The second-order valence-corrected chi connectivity index (χ2v) is 12.8. The van der Waals surface area contributed by atoms with Crippen LogP contribution in [0.4, 0.5) is 19.3 Å². The number of hydrogen-bond donors (Lipinski definition) is 4. The molecule has 2 fully saturated rings. The number of aromatic nitrogens is 1. The van der Waals surface area contributed by atoms with Gasteiger partial charge < -0.3 is 40.0 Å². The van der Waals surface area contributed by atoms with Gasteiger partial charge in [-0.15, -0.1) is 0 Å². The number of rotatable bonds is 10. The van der Waals surface area contributed by atoms with Crippen LogP contribution >= 0.6 is 0 Å². The first-order valence-electron chi connectivity index (χ1n) is 15.4. The van der Waals surface area contributed by atoms with Crippen LogP contribution in [0.2, 0.25) is 0 Å². The SMILES string of the molecule is COc1c(N2CCC/C(=C(\F)CNC(=O)C(C)NC(=O)C(C)NC(=O)OC(C)(C)C)C2)c(F)cc2c(=O)c(C(=O)O)cn(C3CC3)c12. The molecule has 2 unspecified atom stereocenters. The molecule has 0 bridgehead atoms. The number of hydrogen-bond acceptors (Lipinski definition) is 8. The van der Waals surface area contributed by atoms with E-state index < -0.39 is 70.7 Å². The summed E-state index contributed by atoms with van der Waals surface area (Å²) in [4.78, 5) is 63.4. The van der Waals surface area contributed by atoms with Gasteiger partial charge in [-0.25, -0.2) is 18.4 Å². The summed E-state index contributed by atoms with van der Waals surface area (Å²) in [6.07, 6.45) is 2.79. The standard InChI is InChI=1S/C32H41F2N5O8/c1-16(36-29(42)17(2)37-31(45)47-32(3,4)5)28(41)35-13-23(34)18-8-7-11-38(14-18)25-22(33)12-20-24(27(25)46-6)39(19-9-10-19)15-21(26(20)40)30(43)44/h12,15-17,19H,7-11,13-14H2,1-6H3,(H,35,41)(H,36,42)(H,37,45)(H,43,44)/b23-18+. The molecule has 2 aliphatic rings. The number of methoxy groups -OCH3 is 1. The molecule has 1 aromatic heterocycles. The number of amides is 3. The van der Waals surface area contributed by atoms with Crippen LogP contribution in [0.15, 0.2) is 28.5 Å². The predicted octanol–water partition coefficient (Wildman–Crippen LogP) is 3.54. The molecule has 4 rings (SSSR count). The van der Waals surface area contributed by atoms with E-state index in [1.807, 2.05) is 0 Å². The van der Waals surface area contributed by atoms with Crippen molar-refractivity contribution >= 4 is 40.5 Å². The number of aromatic carboxylic acids is 1. The molecule has 4 N–H and O–H groups in total. The number of carboxylic acids is 1. The van der Waals surface area contributed by atoms with Crippen molar-refractivity contribution < 1.29 is 42.5 Å². The lowest BCUT2D eigenvalue weighted by Gasteiger charge is -2.33. The third-order valence-electron chi connectivity index (χ3n) is 7.86. The molecule has 256 valence electrons. The van der Waals surface area contributed by atoms with Gasteiger partial charge in [-0.3, -0.25) is 14.4 Å². The number of pyridine rings is 1. The first kappa shape index (κ1) is 35.2. The normalized spacial score (nSPS) is 17.4. The third kappa shape index (κ3) is 8.19. The maximum atomic E-state index is 15.7. The summed E-state index contributed by atoms with van der Waals surface area (Å²) in [7, 11) is 1.33. The molecule has 2 aromatic rings. The van der Waals surface area contributed by atoms with Gasteiger partial charge in [0.05, 0.1) is 24.6 Å². The fourth-order valence-corrected chi connectivity index (χ4v) is 5.40. The van der Waals surface area contributed by atoms with Gasteiger partial charge in [0.2, 0.25) is 17.2 Å². The Labute approximate surface area is 270 Å². The van der Waals surface area contributed by atoms with Crippen LogP contribution in [0.5, 0.6) is 5.75 Å². The first-order chi connectivity index (χ1) is 22.0. The summed E-state index contributed by atoms with van der Waals surface area (Å²) in [5.41, 5.74) is -1.43. The molecule has 0 radical (unpaired) electrons. The van der Waals surface area contributed by atoms with Crippen LogP contribution in [0.1, 0.15) is 76.7 Å². The van der Waals surface area contributed by atoms with E-state index in [4.69, 9.17) is 9.47 Å². The second-order valence-electron chi connectivity index (χ2n) is 12.8. The summed E-state index contributed by atoms with van der Waals surface area (Å²) < 4.78 is 43.6. The number of alkyl carbamates (subject to hydrolysis) is 1. The number of carbonyl (C=O) groups excluding carboxylic acids is 3. The molecule has 1 aromatic carbocycles. The van der Waals surface area contributed by atoms with Crippen molar-refractivity contribution in [3.05, 3.63) is 45.3 Å². The van der Waals surface area contributed by atoms with E-state index in [9.17, 15) is 29.1 Å². The molecular formula is C32H41F2N5O8. The number of anilines is 1. The van der Waals surface area contributed by atoms with E-state index in [0.29, 0.717) is 25.0 Å². The van der Waals surface area contributed by atoms with E-state index in [2.05, 4.69) is 16.0 Å². The molecule has 1 saturated heterocycles. The Morgan fingerprint density at radius 3 is 2.36 bits per heavy atom. The summed E-state index contributed by atoms with van der Waals surface area (Å²) in [5.74, 6) is -4.10. The highest BCUT2D eigenvalue weighted by molar-refractivity contribution is 5.97. The fraction of sp³-hybridized carbons (Fsp3) is 0.531. The topological polar surface area (TPSA) is 168 Å². The molecule has 0 spiro atoms. The summed E-state index contributed by atoms with van der Waals surface area (Å²) >= 11 is 0. The minimum atomic E-state index is -1.41. The summed E-state index contributed by atoms with van der Waals surface area (Å²) in [6, 6.07) is -1.11. The van der Waals surface area contributed by atoms with Crippen molar-refractivity contribution in [2.45, 2.75) is 84.0 Å². The van der Waals surface area contributed by atoms with Crippen LogP contribution in [0, 0.1) is 5.82 Å². The average Bonchev–Trinajstić information content (AvgIpc) is 3.83. The second kappa shape index (κ2) is 14.0. The molecule has 2 heterocycles. The molecule has 2 atom stereocenters. The summed E-state index contributed by atoms with van der Waals surface area (Å²) in [5, 5.41) is 16.7. The zero-order valence-corrected chi connectivity index (χ0v) is 27.3. The molecule has 3 amide bonds. The Hall–Kier alpha value is -4.69. The van der Waals surface area contributed by atoms with Crippen LogP contribution < -0.4 is 31.0 Å². The van der Waals surface area contributed by atoms with Crippen molar-refractivity contribution in [3.8, 4) is 5.75 Å². The third-order valence-corrected chi connectivity index (χ3v) is 7.86. The number of carboxylic acid groups (broad SMARTS) is 1. The molecule has 1 aliphatic carbocycles. The Morgan fingerprint density at radius 2 is 1.77 bits per heavy atom. The number of piperidine rings is 1. The quantitative estimate of drug-likeness (QED) is 0.298. The van der Waals surface area contributed by atoms with Crippen LogP contribution in [0.3, 0.4) is 0 Å². The number of ether oxygens (including phenoxy) is 2. The van der Waals surface area contributed by atoms with E-state index in [1.54, 1.807) is 30.2 Å². The Balaban J connectivity index is 1.48. The number of benzene rings is 1. The van der Waals surface area contributed by atoms with Gasteiger partial charge in [-0.05, 0) is 71.9 Å². The van der Waals surface area contributed by atoms with Crippen molar-refractivity contribution in [2.75, 3.05) is 31.6 Å². The van der Waals surface area contributed by atoms with E-state index in [1.165, 1.54) is 27.2 Å². The van der Waals surface area contributed by atoms with E-state index in [0.717, 1.165) is 18.9 Å². The maximum Gasteiger partial charge on any atom is 0.408 e. The Kier molecular flexibility index (Phi) is 10.5. The smallest absolute Gasteiger partial charge is 0.408 e. The monoisotopic (exact) mass is 661 g/mol. The molecule has 1 aliphatic heterocycles. The highest BCUT2D eigenvalue weighted by Crippen LogP contribution is 2.44. The average molecular weight is 662 g/mol. The largest absolute Gasteiger partial charge is 0.492 e. The lowest BCUT2D eigenvalue weighted by molar-refractivity contribution is -0.129. The lowest BCUT2D eigenvalue weighted by atomic mass is 10.0. The highest BCUT2D eigenvalue weighted by Gasteiger charge is 2.32. The number of carbonyl (C=O) groups is 4. The predicted molar refractivity (Wildman–Crippen MR) is 169 cm³/mol.